The van der Waals surface area contributed by atoms with Crippen LogP contribution in [0.5, 0.6) is 0 Å². The molecule has 0 aliphatic carbocycles. The number of carbonyl (C=O) groups is 1. The molecule has 0 radical (unpaired) electrons. The van der Waals surface area contributed by atoms with Crippen molar-refractivity contribution in [2.24, 2.45) is 10.8 Å². The lowest BCUT2D eigenvalue weighted by Crippen LogP contribution is -2.50. The van der Waals surface area contributed by atoms with Gasteiger partial charge in [-0.05, 0) is 13.8 Å². The number of hydrogen-bond donors (Lipinski definition) is 4. The van der Waals surface area contributed by atoms with E-state index >= 15 is 0 Å². The summed E-state index contributed by atoms with van der Waals surface area (Å²) in [5, 5.41) is 5.33. The lowest BCUT2D eigenvalue weighted by molar-refractivity contribution is -0.121. The number of nitrogens with zero attached hydrogens (tertiary/aromatic N) is 1. The quantitative estimate of drug-likeness (QED) is 0.188. The average molecular weight is 187 g/mol. The summed E-state index contributed by atoms with van der Waals surface area (Å²) in [5.74, 6) is 5.48. The SMILES string of the molecule is CCN=C(NN)NC(C)C(=O)NC. The molecule has 0 aliphatic rings. The second-order valence-corrected chi connectivity index (χ2v) is 2.45. The van der Waals surface area contributed by atoms with Gasteiger partial charge in [0.05, 0.1) is 0 Å². The van der Waals surface area contributed by atoms with Crippen molar-refractivity contribution in [1.29, 1.82) is 0 Å². The molecule has 5 N–H and O–H groups in total. The van der Waals surface area contributed by atoms with E-state index in [0.717, 1.165) is 0 Å². The van der Waals surface area contributed by atoms with E-state index in [2.05, 4.69) is 21.1 Å². The summed E-state index contributed by atoms with van der Waals surface area (Å²) in [6.07, 6.45) is 0. The molecule has 0 bridgehead atoms. The van der Waals surface area contributed by atoms with Gasteiger partial charge >= 0.3 is 0 Å². The molecule has 1 unspecified atom stereocenters. The zero-order chi connectivity index (χ0) is 10.3. The van der Waals surface area contributed by atoms with Gasteiger partial charge in [-0.3, -0.25) is 15.2 Å². The molecule has 0 aromatic rings. The minimum Gasteiger partial charge on any atom is -0.357 e. The Morgan fingerprint density at radius 2 is 2.23 bits per heavy atom. The number of carbonyl (C=O) groups excluding carboxylic acids is 1. The number of nitrogens with two attached hydrogens (primary N) is 1. The monoisotopic (exact) mass is 187 g/mol. The predicted molar refractivity (Wildman–Crippen MR) is 52.0 cm³/mol. The smallest absolute Gasteiger partial charge is 0.242 e. The van der Waals surface area contributed by atoms with Crippen LogP contribution in [0.4, 0.5) is 0 Å². The van der Waals surface area contributed by atoms with Gasteiger partial charge in [-0.1, -0.05) is 0 Å². The van der Waals surface area contributed by atoms with Crippen LogP contribution in [0, 0.1) is 0 Å². The Labute approximate surface area is 77.9 Å². The van der Waals surface area contributed by atoms with Crippen molar-refractivity contribution in [3.05, 3.63) is 0 Å². The summed E-state index contributed by atoms with van der Waals surface area (Å²) in [6, 6.07) is -0.355. The lowest BCUT2D eigenvalue weighted by Gasteiger charge is -2.14. The highest BCUT2D eigenvalue weighted by Crippen LogP contribution is 1.80. The van der Waals surface area contributed by atoms with Crippen LogP contribution in [0.3, 0.4) is 0 Å². The number of nitrogens with one attached hydrogen (secondary N) is 3. The first-order chi connectivity index (χ1) is 6.15. The van der Waals surface area contributed by atoms with Crippen molar-refractivity contribution in [2.45, 2.75) is 19.9 Å². The second-order valence-electron chi connectivity index (χ2n) is 2.45. The van der Waals surface area contributed by atoms with E-state index in [0.29, 0.717) is 12.5 Å². The Balaban J connectivity index is 4.08. The molecule has 0 aromatic heterocycles. The molecule has 0 saturated heterocycles. The predicted octanol–water partition coefficient (Wildman–Crippen LogP) is -1.45. The Kier molecular flexibility index (Phi) is 5.62. The van der Waals surface area contributed by atoms with Gasteiger partial charge in [0, 0.05) is 13.6 Å². The molecule has 0 heterocycles. The van der Waals surface area contributed by atoms with Gasteiger partial charge in [-0.2, -0.15) is 0 Å². The van der Waals surface area contributed by atoms with Crippen LogP contribution in [0.25, 0.3) is 0 Å². The molecular weight excluding hydrogens is 170 g/mol. The molecule has 0 fully saturated rings. The molecule has 0 aliphatic heterocycles. The van der Waals surface area contributed by atoms with Crippen LogP contribution in [-0.4, -0.2) is 31.5 Å². The molecule has 0 spiro atoms. The fourth-order valence-corrected chi connectivity index (χ4v) is 0.778. The maximum Gasteiger partial charge on any atom is 0.242 e. The van der Waals surface area contributed by atoms with E-state index in [1.54, 1.807) is 14.0 Å². The van der Waals surface area contributed by atoms with E-state index in [9.17, 15) is 4.79 Å². The number of guanidine groups is 1. The molecule has 6 heteroatoms. The third-order valence-corrected chi connectivity index (χ3v) is 1.45. The second kappa shape index (κ2) is 6.24. The molecule has 76 valence electrons. The van der Waals surface area contributed by atoms with Gasteiger partial charge in [0.2, 0.25) is 11.9 Å². The van der Waals surface area contributed by atoms with Crippen LogP contribution < -0.4 is 21.9 Å². The van der Waals surface area contributed by atoms with Crippen LogP contribution in [0.2, 0.25) is 0 Å². The van der Waals surface area contributed by atoms with E-state index in [4.69, 9.17) is 5.84 Å². The summed E-state index contributed by atoms with van der Waals surface area (Å²) in [7, 11) is 1.58. The van der Waals surface area contributed by atoms with Crippen molar-refractivity contribution < 1.29 is 4.79 Å². The highest BCUT2D eigenvalue weighted by Gasteiger charge is 2.11. The summed E-state index contributed by atoms with van der Waals surface area (Å²) in [4.78, 5) is 15.1. The first kappa shape index (κ1) is 11.7. The molecule has 0 rings (SSSR count). The zero-order valence-electron chi connectivity index (χ0n) is 8.22. The largest absolute Gasteiger partial charge is 0.357 e. The van der Waals surface area contributed by atoms with Crippen molar-refractivity contribution in [3.8, 4) is 0 Å². The Morgan fingerprint density at radius 1 is 1.62 bits per heavy atom. The normalized spacial score (nSPS) is 13.4. The van der Waals surface area contributed by atoms with Gasteiger partial charge in [0.15, 0.2) is 0 Å². The lowest BCUT2D eigenvalue weighted by atomic mass is 10.3. The number of hydrazine groups is 1. The van der Waals surface area contributed by atoms with Gasteiger partial charge in [0.25, 0.3) is 0 Å². The van der Waals surface area contributed by atoms with Crippen molar-refractivity contribution in [3.63, 3.8) is 0 Å². The standard InChI is InChI=1S/C7H17N5O/c1-4-10-7(12-8)11-5(2)6(13)9-3/h5H,4,8H2,1-3H3,(H,9,13)(H2,10,11,12). The van der Waals surface area contributed by atoms with Crippen molar-refractivity contribution in [1.82, 2.24) is 16.1 Å². The summed E-state index contributed by atoms with van der Waals surface area (Å²) < 4.78 is 0. The number of aliphatic imine (C=N–C) groups is 1. The maximum absolute atomic E-state index is 11.1. The molecule has 0 aromatic carbocycles. The Morgan fingerprint density at radius 3 is 2.62 bits per heavy atom. The van der Waals surface area contributed by atoms with Crippen LogP contribution in [0.1, 0.15) is 13.8 Å². The first-order valence-electron chi connectivity index (χ1n) is 4.14. The van der Waals surface area contributed by atoms with Gasteiger partial charge in [-0.25, -0.2) is 5.84 Å². The van der Waals surface area contributed by atoms with E-state index in [1.165, 1.54) is 0 Å². The number of amides is 1. The van der Waals surface area contributed by atoms with E-state index in [-0.39, 0.29) is 11.9 Å². The van der Waals surface area contributed by atoms with Gasteiger partial charge < -0.3 is 10.6 Å². The Hall–Kier alpha value is -1.30. The summed E-state index contributed by atoms with van der Waals surface area (Å²) >= 11 is 0. The minimum atomic E-state index is -0.355. The van der Waals surface area contributed by atoms with Crippen molar-refractivity contribution >= 4 is 11.9 Å². The fraction of sp³-hybridized carbons (Fsp3) is 0.714. The zero-order valence-corrected chi connectivity index (χ0v) is 8.22. The molecular formula is C7H17N5O. The molecule has 0 saturated carbocycles. The first-order valence-corrected chi connectivity index (χ1v) is 4.14. The third kappa shape index (κ3) is 4.32. The molecule has 6 nitrogen and oxygen atoms in total. The van der Waals surface area contributed by atoms with Crippen LogP contribution in [0.15, 0.2) is 4.99 Å². The Bertz CT molecular complexity index is 191. The number of rotatable bonds is 3. The topological polar surface area (TPSA) is 91.5 Å². The van der Waals surface area contributed by atoms with Crippen LogP contribution in [-0.2, 0) is 4.79 Å². The number of hydrogen-bond acceptors (Lipinski definition) is 3. The third-order valence-electron chi connectivity index (χ3n) is 1.45. The minimum absolute atomic E-state index is 0.112. The van der Waals surface area contributed by atoms with E-state index < -0.39 is 0 Å². The fourth-order valence-electron chi connectivity index (χ4n) is 0.778. The average Bonchev–Trinajstić information content (AvgIpc) is 2.15. The highest BCUT2D eigenvalue weighted by molar-refractivity contribution is 5.88. The summed E-state index contributed by atoms with van der Waals surface area (Å²) in [6.45, 7) is 4.21. The number of likely N-dealkylation sites (N-methyl/N-ethyl adjacent to an activating group) is 1. The summed E-state index contributed by atoms with van der Waals surface area (Å²) in [5.41, 5.74) is 2.37. The van der Waals surface area contributed by atoms with Crippen molar-refractivity contribution in [2.75, 3.05) is 13.6 Å². The molecule has 13 heavy (non-hydrogen) atoms. The molecule has 1 amide bonds. The van der Waals surface area contributed by atoms with Crippen LogP contribution >= 0.6 is 0 Å². The van der Waals surface area contributed by atoms with E-state index in [1.807, 2.05) is 6.92 Å². The highest BCUT2D eigenvalue weighted by atomic mass is 16.2. The van der Waals surface area contributed by atoms with Gasteiger partial charge in [0.1, 0.15) is 6.04 Å². The maximum atomic E-state index is 11.1. The molecule has 1 atom stereocenters. The van der Waals surface area contributed by atoms with Gasteiger partial charge in [-0.15, -0.1) is 0 Å².